The monoisotopic (exact) mass is 212 g/mol. The molecule has 0 radical (unpaired) electrons. The van der Waals surface area contributed by atoms with Gasteiger partial charge in [-0.2, -0.15) is 0 Å². The van der Waals surface area contributed by atoms with Crippen LogP contribution in [0.5, 0.6) is 0 Å². The third-order valence-electron chi connectivity index (χ3n) is 2.55. The van der Waals surface area contributed by atoms with E-state index in [1.54, 1.807) is 0 Å². The molecule has 0 amide bonds. The Morgan fingerprint density at radius 2 is 2.00 bits per heavy atom. The Balaban J connectivity index is 2.56. The van der Waals surface area contributed by atoms with Crippen LogP contribution >= 0.6 is 0 Å². The molecule has 0 aliphatic carbocycles. The third-order valence-corrected chi connectivity index (χ3v) is 2.55. The van der Waals surface area contributed by atoms with Gasteiger partial charge in [-0.1, -0.05) is 29.8 Å². The minimum Gasteiger partial charge on any atom is -0.321 e. The predicted molar refractivity (Wildman–Crippen MR) is 68.1 cm³/mol. The molecule has 2 heteroatoms. The quantitative estimate of drug-likeness (QED) is 0.776. The average molecular weight is 212 g/mol. The van der Waals surface area contributed by atoms with Gasteiger partial charge in [0.05, 0.1) is 5.52 Å². The van der Waals surface area contributed by atoms with Crippen LogP contribution < -0.4 is 5.73 Å². The van der Waals surface area contributed by atoms with Crippen molar-refractivity contribution in [1.82, 2.24) is 4.98 Å². The molecule has 2 aromatic rings. The van der Waals surface area contributed by atoms with Crippen molar-refractivity contribution in [2.24, 2.45) is 5.73 Å². The van der Waals surface area contributed by atoms with Gasteiger partial charge in [0.2, 0.25) is 0 Å². The Kier molecular flexibility index (Phi) is 3.02. The number of nitrogens with zero attached hydrogens (tertiary/aromatic N) is 1. The van der Waals surface area contributed by atoms with Crippen LogP contribution in [0.4, 0.5) is 0 Å². The normalized spacial score (nSPS) is 12.4. The molecule has 0 spiro atoms. The summed E-state index contributed by atoms with van der Waals surface area (Å²) in [6.45, 7) is 4.12. The molecule has 2 nitrogen and oxygen atoms in total. The first-order valence-electron chi connectivity index (χ1n) is 5.43. The number of allylic oxidation sites excluding steroid dienone is 1. The van der Waals surface area contributed by atoms with Gasteiger partial charge in [0.25, 0.3) is 0 Å². The van der Waals surface area contributed by atoms with E-state index in [1.165, 1.54) is 5.57 Å². The molecule has 1 unspecified atom stereocenters. The zero-order valence-corrected chi connectivity index (χ0v) is 9.64. The van der Waals surface area contributed by atoms with Crippen molar-refractivity contribution in [3.05, 3.63) is 53.7 Å². The van der Waals surface area contributed by atoms with Gasteiger partial charge in [-0.25, -0.2) is 0 Å². The van der Waals surface area contributed by atoms with Crippen LogP contribution in [0.25, 0.3) is 10.9 Å². The molecule has 2 N–H and O–H groups in total. The lowest BCUT2D eigenvalue weighted by atomic mass is 10.0. The molecule has 1 heterocycles. The Labute approximate surface area is 95.8 Å². The first kappa shape index (κ1) is 10.8. The van der Waals surface area contributed by atoms with Gasteiger partial charge in [0, 0.05) is 17.6 Å². The van der Waals surface area contributed by atoms with E-state index in [1.807, 2.05) is 30.5 Å². The van der Waals surface area contributed by atoms with Gasteiger partial charge in [0.1, 0.15) is 0 Å². The SMILES string of the molecule is CC(C)=CC(N)c1ccnc2ccccc12. The highest BCUT2D eigenvalue weighted by molar-refractivity contribution is 5.82. The summed E-state index contributed by atoms with van der Waals surface area (Å²) in [5.41, 5.74) is 9.52. The number of nitrogens with two attached hydrogens (primary N) is 1. The zero-order chi connectivity index (χ0) is 11.5. The zero-order valence-electron chi connectivity index (χ0n) is 9.64. The molecule has 0 saturated carbocycles. The van der Waals surface area contributed by atoms with E-state index >= 15 is 0 Å². The molecular formula is C14H16N2. The number of fused-ring (bicyclic) bond motifs is 1. The lowest BCUT2D eigenvalue weighted by Crippen LogP contribution is -2.08. The van der Waals surface area contributed by atoms with Gasteiger partial charge in [-0.3, -0.25) is 4.98 Å². The fourth-order valence-electron chi connectivity index (χ4n) is 1.86. The van der Waals surface area contributed by atoms with Crippen LogP contribution in [0.2, 0.25) is 0 Å². The van der Waals surface area contributed by atoms with E-state index < -0.39 is 0 Å². The largest absolute Gasteiger partial charge is 0.321 e. The summed E-state index contributed by atoms with van der Waals surface area (Å²) in [4.78, 5) is 4.33. The number of rotatable bonds is 2. The van der Waals surface area contributed by atoms with Gasteiger partial charge >= 0.3 is 0 Å². The number of benzene rings is 1. The Morgan fingerprint density at radius 1 is 1.25 bits per heavy atom. The van der Waals surface area contributed by atoms with Crippen molar-refractivity contribution in [3.63, 3.8) is 0 Å². The summed E-state index contributed by atoms with van der Waals surface area (Å²) in [5, 5.41) is 1.13. The summed E-state index contributed by atoms with van der Waals surface area (Å²) in [5.74, 6) is 0. The fourth-order valence-corrected chi connectivity index (χ4v) is 1.86. The molecule has 82 valence electrons. The van der Waals surface area contributed by atoms with Crippen molar-refractivity contribution in [2.75, 3.05) is 0 Å². The molecular weight excluding hydrogens is 196 g/mol. The highest BCUT2D eigenvalue weighted by Gasteiger charge is 2.07. The molecule has 0 aliphatic heterocycles. The van der Waals surface area contributed by atoms with Crippen LogP contribution in [0.15, 0.2) is 48.2 Å². The predicted octanol–water partition coefficient (Wildman–Crippen LogP) is 3.20. The smallest absolute Gasteiger partial charge is 0.0705 e. The number of para-hydroxylation sites is 1. The maximum atomic E-state index is 6.16. The number of pyridine rings is 1. The Morgan fingerprint density at radius 3 is 2.75 bits per heavy atom. The van der Waals surface area contributed by atoms with Crippen molar-refractivity contribution in [2.45, 2.75) is 19.9 Å². The average Bonchev–Trinajstić information content (AvgIpc) is 2.27. The summed E-state index contributed by atoms with van der Waals surface area (Å²) in [6, 6.07) is 10.0. The highest BCUT2D eigenvalue weighted by atomic mass is 14.7. The van der Waals surface area contributed by atoms with Gasteiger partial charge in [-0.05, 0) is 31.5 Å². The van der Waals surface area contributed by atoms with Crippen LogP contribution in [0.1, 0.15) is 25.5 Å². The summed E-state index contributed by atoms with van der Waals surface area (Å²) in [7, 11) is 0. The molecule has 1 aromatic heterocycles. The van der Waals surface area contributed by atoms with Gasteiger partial charge in [-0.15, -0.1) is 0 Å². The summed E-state index contributed by atoms with van der Waals surface area (Å²) >= 11 is 0. The van der Waals surface area contributed by atoms with Crippen molar-refractivity contribution in [1.29, 1.82) is 0 Å². The van der Waals surface area contributed by atoms with Crippen LogP contribution in [-0.4, -0.2) is 4.98 Å². The lowest BCUT2D eigenvalue weighted by Gasteiger charge is -2.11. The van der Waals surface area contributed by atoms with E-state index in [0.717, 1.165) is 16.5 Å². The topological polar surface area (TPSA) is 38.9 Å². The Bertz CT molecular complexity index is 520. The van der Waals surface area contributed by atoms with Crippen LogP contribution in [0.3, 0.4) is 0 Å². The summed E-state index contributed by atoms with van der Waals surface area (Å²) < 4.78 is 0. The lowest BCUT2D eigenvalue weighted by molar-refractivity contribution is 0.907. The summed E-state index contributed by atoms with van der Waals surface area (Å²) in [6.07, 6.45) is 3.89. The second-order valence-corrected chi connectivity index (χ2v) is 4.19. The van der Waals surface area contributed by atoms with Crippen LogP contribution in [-0.2, 0) is 0 Å². The van der Waals surface area contributed by atoms with Gasteiger partial charge < -0.3 is 5.73 Å². The molecule has 2 rings (SSSR count). The molecule has 0 bridgehead atoms. The standard InChI is InChI=1S/C14H16N2/c1-10(2)9-13(15)11-7-8-16-14-6-4-3-5-12(11)14/h3-9,13H,15H2,1-2H3. The molecule has 16 heavy (non-hydrogen) atoms. The van der Waals surface area contributed by atoms with E-state index in [-0.39, 0.29) is 6.04 Å². The van der Waals surface area contributed by atoms with Crippen molar-refractivity contribution >= 4 is 10.9 Å². The number of hydrogen-bond acceptors (Lipinski definition) is 2. The Hall–Kier alpha value is -1.67. The fraction of sp³-hybridized carbons (Fsp3) is 0.214. The van der Waals surface area contributed by atoms with Crippen LogP contribution in [0, 0.1) is 0 Å². The second-order valence-electron chi connectivity index (χ2n) is 4.19. The maximum Gasteiger partial charge on any atom is 0.0705 e. The first-order chi connectivity index (χ1) is 7.68. The van der Waals surface area contributed by atoms with E-state index in [4.69, 9.17) is 5.73 Å². The minimum atomic E-state index is -0.0575. The second kappa shape index (κ2) is 4.45. The molecule has 0 saturated heterocycles. The van der Waals surface area contributed by atoms with E-state index in [2.05, 4.69) is 31.0 Å². The molecule has 1 aromatic carbocycles. The molecule has 0 aliphatic rings. The van der Waals surface area contributed by atoms with Gasteiger partial charge in [0.15, 0.2) is 0 Å². The molecule has 1 atom stereocenters. The molecule has 0 fully saturated rings. The highest BCUT2D eigenvalue weighted by Crippen LogP contribution is 2.22. The van der Waals surface area contributed by atoms with E-state index in [9.17, 15) is 0 Å². The minimum absolute atomic E-state index is 0.0575. The number of hydrogen-bond donors (Lipinski definition) is 1. The van der Waals surface area contributed by atoms with Crippen molar-refractivity contribution in [3.8, 4) is 0 Å². The maximum absolute atomic E-state index is 6.16. The first-order valence-corrected chi connectivity index (χ1v) is 5.43. The third kappa shape index (κ3) is 2.12. The van der Waals surface area contributed by atoms with Crippen molar-refractivity contribution < 1.29 is 0 Å². The number of aromatic nitrogens is 1. The van der Waals surface area contributed by atoms with E-state index in [0.29, 0.717) is 0 Å².